The molecule has 0 aliphatic rings. The fourth-order valence-corrected chi connectivity index (χ4v) is 3.10. The largest absolute Gasteiger partial charge is 0.481 e. The van der Waals surface area contributed by atoms with Crippen molar-refractivity contribution >= 4 is 5.97 Å². The minimum absolute atomic E-state index is 0.0672. The van der Waals surface area contributed by atoms with E-state index in [9.17, 15) is 9.18 Å². The lowest BCUT2D eigenvalue weighted by Crippen LogP contribution is -2.06. The van der Waals surface area contributed by atoms with Gasteiger partial charge in [-0.2, -0.15) is 0 Å². The van der Waals surface area contributed by atoms with Crippen molar-refractivity contribution in [3.05, 3.63) is 77.2 Å². The summed E-state index contributed by atoms with van der Waals surface area (Å²) in [6, 6.07) is 16.4. The van der Waals surface area contributed by atoms with Crippen molar-refractivity contribution in [3.8, 4) is 16.9 Å². The quantitative estimate of drug-likeness (QED) is 0.718. The average molecular weight is 337 g/mol. The van der Waals surface area contributed by atoms with Gasteiger partial charge in [0.2, 0.25) is 0 Å². The summed E-state index contributed by atoms with van der Waals surface area (Å²) in [5, 5.41) is 9.03. The van der Waals surface area contributed by atoms with Crippen LogP contribution in [0.25, 0.3) is 16.9 Å². The monoisotopic (exact) mass is 337 g/mol. The second-order valence-corrected chi connectivity index (χ2v) is 6.24. The number of hydrogen-bond acceptors (Lipinski definition) is 1. The van der Waals surface area contributed by atoms with E-state index in [-0.39, 0.29) is 12.2 Å². The average Bonchev–Trinajstić information content (AvgIpc) is 2.97. The van der Waals surface area contributed by atoms with Gasteiger partial charge in [-0.15, -0.1) is 0 Å². The number of aromatic nitrogens is 1. The molecule has 1 N–H and O–H groups in total. The molecule has 0 atom stereocenters. The molecule has 4 heteroatoms. The molecule has 0 radical (unpaired) electrons. The van der Waals surface area contributed by atoms with E-state index in [1.807, 2.05) is 38.1 Å². The number of carbonyl (C=O) groups is 1. The zero-order valence-corrected chi connectivity index (χ0v) is 14.3. The van der Waals surface area contributed by atoms with Gasteiger partial charge < -0.3 is 9.67 Å². The lowest BCUT2D eigenvalue weighted by atomic mass is 10.1. The maximum absolute atomic E-state index is 13.3. The molecule has 0 saturated carbocycles. The number of rotatable bonds is 5. The maximum Gasteiger partial charge on any atom is 0.303 e. The van der Waals surface area contributed by atoms with Crippen LogP contribution in [0.1, 0.15) is 23.2 Å². The molecule has 1 heterocycles. The van der Waals surface area contributed by atoms with Crippen molar-refractivity contribution in [1.82, 2.24) is 4.57 Å². The van der Waals surface area contributed by atoms with Crippen LogP contribution in [0, 0.1) is 19.7 Å². The Bertz CT molecular complexity index is 910. The highest BCUT2D eigenvalue weighted by Crippen LogP contribution is 2.29. The Balaban J connectivity index is 2.15. The Labute approximate surface area is 146 Å². The summed E-state index contributed by atoms with van der Waals surface area (Å²) in [7, 11) is 0. The predicted molar refractivity (Wildman–Crippen MR) is 96.6 cm³/mol. The van der Waals surface area contributed by atoms with E-state index in [0.29, 0.717) is 6.42 Å². The van der Waals surface area contributed by atoms with Gasteiger partial charge in [-0.05, 0) is 73.9 Å². The zero-order chi connectivity index (χ0) is 18.0. The summed E-state index contributed by atoms with van der Waals surface area (Å²) < 4.78 is 15.4. The van der Waals surface area contributed by atoms with Gasteiger partial charge in [0.25, 0.3) is 0 Å². The minimum Gasteiger partial charge on any atom is -0.481 e. The summed E-state index contributed by atoms with van der Waals surface area (Å²) in [4.78, 5) is 11.0. The number of halogens is 1. The summed E-state index contributed by atoms with van der Waals surface area (Å²) >= 11 is 0. The first-order chi connectivity index (χ1) is 12.0. The van der Waals surface area contributed by atoms with E-state index >= 15 is 0 Å². The smallest absolute Gasteiger partial charge is 0.303 e. The van der Waals surface area contributed by atoms with Crippen LogP contribution in [0.15, 0.2) is 54.6 Å². The standard InChI is InChI=1S/C21H20FNO2/c1-14-3-10-19(15(2)13-14)23-18(9-12-21(24)25)8-11-20(23)16-4-6-17(22)7-5-16/h3-8,10-11,13H,9,12H2,1-2H3,(H,24,25). The molecule has 0 fully saturated rings. The van der Waals surface area contributed by atoms with Crippen molar-refractivity contribution in [2.75, 3.05) is 0 Å². The minimum atomic E-state index is -0.822. The SMILES string of the molecule is Cc1ccc(-n2c(CCC(=O)O)ccc2-c2ccc(F)cc2)c(C)c1. The van der Waals surface area contributed by atoms with Crippen molar-refractivity contribution in [2.24, 2.45) is 0 Å². The van der Waals surface area contributed by atoms with Crippen molar-refractivity contribution in [1.29, 1.82) is 0 Å². The summed E-state index contributed by atoms with van der Waals surface area (Å²) in [5.41, 5.74) is 6.03. The van der Waals surface area contributed by atoms with Gasteiger partial charge in [-0.1, -0.05) is 17.7 Å². The topological polar surface area (TPSA) is 42.2 Å². The molecule has 3 nitrogen and oxygen atoms in total. The van der Waals surface area contributed by atoms with Crippen molar-refractivity contribution in [3.63, 3.8) is 0 Å². The van der Waals surface area contributed by atoms with E-state index in [4.69, 9.17) is 5.11 Å². The Morgan fingerprint density at radius 2 is 1.76 bits per heavy atom. The molecule has 128 valence electrons. The Morgan fingerprint density at radius 1 is 1.04 bits per heavy atom. The molecular weight excluding hydrogens is 317 g/mol. The van der Waals surface area contributed by atoms with Gasteiger partial charge in [0.05, 0.1) is 12.1 Å². The van der Waals surface area contributed by atoms with Crippen LogP contribution in [0.2, 0.25) is 0 Å². The van der Waals surface area contributed by atoms with Crippen LogP contribution in [0.5, 0.6) is 0 Å². The van der Waals surface area contributed by atoms with Crippen LogP contribution in [0.4, 0.5) is 4.39 Å². The number of carboxylic acid groups (broad SMARTS) is 1. The van der Waals surface area contributed by atoms with Gasteiger partial charge in [-0.3, -0.25) is 4.79 Å². The molecule has 0 spiro atoms. The highest BCUT2D eigenvalue weighted by Gasteiger charge is 2.14. The molecule has 0 amide bonds. The number of benzene rings is 2. The van der Waals surface area contributed by atoms with E-state index in [1.165, 1.54) is 17.7 Å². The second kappa shape index (κ2) is 6.93. The van der Waals surface area contributed by atoms with E-state index in [1.54, 1.807) is 12.1 Å². The molecular formula is C21H20FNO2. The molecule has 3 aromatic rings. The molecule has 25 heavy (non-hydrogen) atoms. The third-order valence-electron chi connectivity index (χ3n) is 4.29. The van der Waals surface area contributed by atoms with Crippen LogP contribution >= 0.6 is 0 Å². The van der Waals surface area contributed by atoms with Gasteiger partial charge in [0.15, 0.2) is 0 Å². The lowest BCUT2D eigenvalue weighted by molar-refractivity contribution is -0.136. The molecule has 0 aliphatic carbocycles. The van der Waals surface area contributed by atoms with Gasteiger partial charge in [-0.25, -0.2) is 4.39 Å². The maximum atomic E-state index is 13.3. The van der Waals surface area contributed by atoms with E-state index < -0.39 is 5.97 Å². The molecule has 1 aromatic heterocycles. The Hall–Kier alpha value is -2.88. The summed E-state index contributed by atoms with van der Waals surface area (Å²) in [6.45, 7) is 4.08. The zero-order valence-electron chi connectivity index (χ0n) is 14.3. The first-order valence-electron chi connectivity index (χ1n) is 8.21. The van der Waals surface area contributed by atoms with Crippen LogP contribution < -0.4 is 0 Å². The number of aryl methyl sites for hydroxylation is 3. The first-order valence-corrected chi connectivity index (χ1v) is 8.21. The van der Waals surface area contributed by atoms with Crippen molar-refractivity contribution in [2.45, 2.75) is 26.7 Å². The highest BCUT2D eigenvalue weighted by atomic mass is 19.1. The highest BCUT2D eigenvalue weighted by molar-refractivity contribution is 5.68. The van der Waals surface area contributed by atoms with Gasteiger partial charge >= 0.3 is 5.97 Å². The van der Waals surface area contributed by atoms with E-state index in [2.05, 4.69) is 10.6 Å². The third-order valence-corrected chi connectivity index (χ3v) is 4.29. The number of nitrogens with zero attached hydrogens (tertiary/aromatic N) is 1. The third kappa shape index (κ3) is 3.63. The number of hydrogen-bond donors (Lipinski definition) is 1. The molecule has 0 bridgehead atoms. The van der Waals surface area contributed by atoms with Crippen molar-refractivity contribution < 1.29 is 14.3 Å². The molecule has 0 saturated heterocycles. The fraction of sp³-hybridized carbons (Fsp3) is 0.190. The van der Waals surface area contributed by atoms with Gasteiger partial charge in [0, 0.05) is 11.4 Å². The molecule has 0 unspecified atom stereocenters. The number of aliphatic carboxylic acids is 1. The molecule has 0 aliphatic heterocycles. The Kier molecular flexibility index (Phi) is 4.70. The number of carboxylic acids is 1. The summed E-state index contributed by atoms with van der Waals surface area (Å²) in [5.74, 6) is -1.10. The van der Waals surface area contributed by atoms with Crippen LogP contribution in [-0.2, 0) is 11.2 Å². The van der Waals surface area contributed by atoms with Crippen LogP contribution in [-0.4, -0.2) is 15.6 Å². The molecule has 2 aromatic carbocycles. The lowest BCUT2D eigenvalue weighted by Gasteiger charge is -2.16. The second-order valence-electron chi connectivity index (χ2n) is 6.24. The molecule has 3 rings (SSSR count). The fourth-order valence-electron chi connectivity index (χ4n) is 3.10. The predicted octanol–water partition coefficient (Wildman–Crippen LogP) is 4.92. The normalized spacial score (nSPS) is 10.8. The summed E-state index contributed by atoms with van der Waals surface area (Å²) in [6.07, 6.45) is 0.502. The Morgan fingerprint density at radius 3 is 2.40 bits per heavy atom. The van der Waals surface area contributed by atoms with E-state index in [0.717, 1.165) is 28.2 Å². The van der Waals surface area contributed by atoms with Crippen LogP contribution in [0.3, 0.4) is 0 Å². The first kappa shape index (κ1) is 17.0. The van der Waals surface area contributed by atoms with Gasteiger partial charge in [0.1, 0.15) is 5.82 Å².